The zero-order chi connectivity index (χ0) is 7.84. The quantitative estimate of drug-likeness (QED) is 0.593. The second-order valence-electron chi connectivity index (χ2n) is 2.61. The molecular weight excluding hydrogens is 199 g/mol. The van der Waals surface area contributed by atoms with E-state index in [9.17, 15) is 0 Å². The molecule has 0 bridgehead atoms. The summed E-state index contributed by atoms with van der Waals surface area (Å²) in [7, 11) is 0. The van der Waals surface area contributed by atoms with Crippen LogP contribution in [0.2, 0.25) is 0 Å². The van der Waals surface area contributed by atoms with Gasteiger partial charge in [-0.3, -0.25) is 0 Å². The van der Waals surface area contributed by atoms with E-state index in [0.29, 0.717) is 0 Å². The molecule has 3 heteroatoms. The van der Waals surface area contributed by atoms with Gasteiger partial charge in [-0.25, -0.2) is 0 Å². The Morgan fingerprint density at radius 2 is 2.27 bits per heavy atom. The minimum absolute atomic E-state index is 1.05. The van der Waals surface area contributed by atoms with Crippen molar-refractivity contribution in [2.24, 2.45) is 0 Å². The molecule has 0 aliphatic heterocycles. The summed E-state index contributed by atoms with van der Waals surface area (Å²) in [4.78, 5) is 0. The average molecular weight is 206 g/mol. The third-order valence-corrected chi connectivity index (χ3v) is 2.08. The van der Waals surface area contributed by atoms with E-state index in [-0.39, 0.29) is 0 Å². The summed E-state index contributed by atoms with van der Waals surface area (Å²) in [6.45, 7) is 2.08. The van der Waals surface area contributed by atoms with Gasteiger partial charge in [0, 0.05) is 0 Å². The standard InChI is InChI=1S/C8H7AsN2/c1-6-2-3-8-7(4-6)5-11(9)10-8/h2-5H,1H3. The van der Waals surface area contributed by atoms with Crippen LogP contribution in [0.1, 0.15) is 5.56 Å². The van der Waals surface area contributed by atoms with E-state index >= 15 is 0 Å². The number of aryl methyl sites for hydroxylation is 1. The topological polar surface area (TPSA) is 17.8 Å². The number of aromatic nitrogens is 2. The van der Waals surface area contributed by atoms with E-state index in [1.165, 1.54) is 10.9 Å². The molecule has 0 spiro atoms. The van der Waals surface area contributed by atoms with E-state index in [4.69, 9.17) is 0 Å². The Balaban J connectivity index is 2.82. The van der Waals surface area contributed by atoms with E-state index < -0.39 is 0 Å². The van der Waals surface area contributed by atoms with Crippen LogP contribution in [0.15, 0.2) is 24.4 Å². The van der Waals surface area contributed by atoms with Gasteiger partial charge in [-0.05, 0) is 0 Å². The molecule has 0 aliphatic rings. The molecule has 0 fully saturated rings. The molecule has 1 heterocycles. The van der Waals surface area contributed by atoms with Crippen LogP contribution in [0.5, 0.6) is 0 Å². The summed E-state index contributed by atoms with van der Waals surface area (Å²) in [6.07, 6.45) is 2.00. The Morgan fingerprint density at radius 3 is 3.09 bits per heavy atom. The zero-order valence-corrected chi connectivity index (χ0v) is 8.03. The third kappa shape index (κ3) is 1.19. The molecule has 2 rings (SSSR count). The van der Waals surface area contributed by atoms with Crippen LogP contribution < -0.4 is 0 Å². The van der Waals surface area contributed by atoms with Crippen molar-refractivity contribution >= 4 is 28.0 Å². The van der Waals surface area contributed by atoms with E-state index in [2.05, 4.69) is 41.2 Å². The molecule has 0 N–H and O–H groups in total. The van der Waals surface area contributed by atoms with Gasteiger partial charge >= 0.3 is 73.6 Å². The second-order valence-corrected chi connectivity index (χ2v) is 3.47. The molecule has 0 saturated carbocycles. The Kier molecular flexibility index (Phi) is 1.50. The van der Waals surface area contributed by atoms with Crippen LogP contribution in [0.3, 0.4) is 0 Å². The first-order valence-electron chi connectivity index (χ1n) is 3.41. The number of nitrogens with zero attached hydrogens (tertiary/aromatic N) is 2. The Morgan fingerprint density at radius 1 is 1.45 bits per heavy atom. The van der Waals surface area contributed by atoms with Crippen molar-refractivity contribution in [1.29, 1.82) is 0 Å². The summed E-state index contributed by atoms with van der Waals surface area (Å²) >= 11 is 2.38. The molecule has 0 aliphatic carbocycles. The van der Waals surface area contributed by atoms with Crippen molar-refractivity contribution in [2.75, 3.05) is 0 Å². The molecule has 0 saturated heterocycles. The van der Waals surface area contributed by atoms with Crippen LogP contribution in [-0.4, -0.2) is 25.8 Å². The van der Waals surface area contributed by atoms with Gasteiger partial charge in [-0.2, -0.15) is 0 Å². The fourth-order valence-electron chi connectivity index (χ4n) is 1.13. The molecule has 0 amide bonds. The normalized spacial score (nSPS) is 10.7. The van der Waals surface area contributed by atoms with Gasteiger partial charge in [0.1, 0.15) is 0 Å². The molecular formula is C8H7AsN2. The molecule has 0 atom stereocenters. The summed E-state index contributed by atoms with van der Waals surface area (Å²) < 4.78 is 1.77. The Labute approximate surface area is 73.9 Å². The van der Waals surface area contributed by atoms with Crippen molar-refractivity contribution in [3.8, 4) is 0 Å². The monoisotopic (exact) mass is 206 g/mol. The number of benzene rings is 1. The zero-order valence-electron chi connectivity index (χ0n) is 6.15. The van der Waals surface area contributed by atoms with E-state index in [0.717, 1.165) is 5.52 Å². The van der Waals surface area contributed by atoms with Gasteiger partial charge in [0.2, 0.25) is 0 Å². The molecule has 1 aromatic carbocycles. The van der Waals surface area contributed by atoms with Crippen LogP contribution in [0.25, 0.3) is 10.9 Å². The van der Waals surface area contributed by atoms with E-state index in [1.54, 1.807) is 3.60 Å². The summed E-state index contributed by atoms with van der Waals surface area (Å²) in [6, 6.07) is 6.24. The molecule has 54 valence electrons. The van der Waals surface area contributed by atoms with Gasteiger partial charge in [0.05, 0.1) is 0 Å². The van der Waals surface area contributed by atoms with Crippen molar-refractivity contribution in [3.05, 3.63) is 30.0 Å². The molecule has 11 heavy (non-hydrogen) atoms. The van der Waals surface area contributed by atoms with Gasteiger partial charge in [0.25, 0.3) is 0 Å². The first-order valence-corrected chi connectivity index (χ1v) is 4.25. The summed E-state index contributed by atoms with van der Waals surface area (Å²) in [5.41, 5.74) is 2.33. The predicted molar refractivity (Wildman–Crippen MR) is 45.6 cm³/mol. The van der Waals surface area contributed by atoms with Crippen LogP contribution in [0.4, 0.5) is 0 Å². The molecule has 2 radical (unpaired) electrons. The van der Waals surface area contributed by atoms with Crippen LogP contribution in [0, 0.1) is 6.92 Å². The fraction of sp³-hybridized carbons (Fsp3) is 0.125. The Hall–Kier alpha value is -0.752. The fourth-order valence-corrected chi connectivity index (χ4v) is 1.60. The predicted octanol–water partition coefficient (Wildman–Crippen LogP) is 1.28. The first-order chi connectivity index (χ1) is 5.25. The number of fused-ring (bicyclic) bond motifs is 1. The summed E-state index contributed by atoms with van der Waals surface area (Å²) in [5.74, 6) is 0. The van der Waals surface area contributed by atoms with Crippen molar-refractivity contribution in [1.82, 2.24) is 8.70 Å². The van der Waals surface area contributed by atoms with Crippen molar-refractivity contribution < 1.29 is 0 Å². The molecule has 2 aromatic rings. The Bertz CT molecular complexity index is 392. The molecule has 0 unspecified atom stereocenters. The average Bonchev–Trinajstić information content (AvgIpc) is 2.27. The third-order valence-electron chi connectivity index (χ3n) is 1.65. The van der Waals surface area contributed by atoms with Crippen LogP contribution >= 0.6 is 0 Å². The molecule has 1 aromatic heterocycles. The second kappa shape index (κ2) is 2.38. The van der Waals surface area contributed by atoms with Crippen molar-refractivity contribution in [3.63, 3.8) is 0 Å². The van der Waals surface area contributed by atoms with E-state index in [1.807, 2.05) is 12.3 Å². The maximum atomic E-state index is 4.24. The van der Waals surface area contributed by atoms with Crippen LogP contribution in [-0.2, 0) is 0 Å². The number of hydrogen-bond donors (Lipinski definition) is 0. The van der Waals surface area contributed by atoms with Gasteiger partial charge in [-0.15, -0.1) is 0 Å². The maximum absolute atomic E-state index is 4.24. The SMILES string of the molecule is Cc1ccc2nn([As])cc2c1. The van der Waals surface area contributed by atoms with Crippen molar-refractivity contribution in [2.45, 2.75) is 6.92 Å². The molecule has 2 nitrogen and oxygen atoms in total. The summed E-state index contributed by atoms with van der Waals surface area (Å²) in [5, 5.41) is 5.44. The van der Waals surface area contributed by atoms with Gasteiger partial charge in [-0.1, -0.05) is 0 Å². The minimum atomic E-state index is 1.05. The van der Waals surface area contributed by atoms with Gasteiger partial charge in [0.15, 0.2) is 0 Å². The first kappa shape index (κ1) is 6.93. The number of rotatable bonds is 0. The van der Waals surface area contributed by atoms with Gasteiger partial charge < -0.3 is 0 Å². The number of hydrogen-bond acceptors (Lipinski definition) is 1.